The Hall–Kier alpha value is -1.30. The summed E-state index contributed by atoms with van der Waals surface area (Å²) in [6.45, 7) is 6.32. The number of hydrazine groups is 1. The van der Waals surface area contributed by atoms with Crippen LogP contribution in [-0.4, -0.2) is 51.2 Å². The summed E-state index contributed by atoms with van der Waals surface area (Å²) in [5.41, 5.74) is 1.85. The maximum atomic E-state index is 12.4. The van der Waals surface area contributed by atoms with E-state index in [9.17, 15) is 14.7 Å². The van der Waals surface area contributed by atoms with Gasteiger partial charge in [0, 0.05) is 18.6 Å². The number of hydrogen-bond acceptors (Lipinski definition) is 3. The van der Waals surface area contributed by atoms with Gasteiger partial charge < -0.3 is 10.0 Å². The van der Waals surface area contributed by atoms with E-state index in [1.807, 2.05) is 5.01 Å². The number of hydrogen-bond donors (Lipinski definition) is 2. The van der Waals surface area contributed by atoms with Crippen molar-refractivity contribution < 1.29 is 14.7 Å². The third-order valence-corrected chi connectivity index (χ3v) is 4.77. The molecule has 3 atom stereocenters. The molecule has 0 aromatic heterocycles. The summed E-state index contributed by atoms with van der Waals surface area (Å²) in [7, 11) is 0. The number of carbonyl (C=O) groups excluding carboxylic acids is 1. The van der Waals surface area contributed by atoms with Crippen LogP contribution in [0.15, 0.2) is 0 Å². The molecule has 20 heavy (non-hydrogen) atoms. The summed E-state index contributed by atoms with van der Waals surface area (Å²) < 4.78 is 0. The third kappa shape index (κ3) is 2.61. The van der Waals surface area contributed by atoms with Gasteiger partial charge in [0.05, 0.1) is 0 Å². The summed E-state index contributed by atoms with van der Waals surface area (Å²) >= 11 is 0. The fourth-order valence-corrected chi connectivity index (χ4v) is 3.32. The Morgan fingerprint density at radius 3 is 2.35 bits per heavy atom. The number of nitrogens with zero attached hydrogens (tertiary/aromatic N) is 2. The Labute approximate surface area is 120 Å². The molecule has 0 radical (unpaired) electrons. The average Bonchev–Trinajstić information content (AvgIpc) is 2.77. The molecule has 2 rings (SSSR count). The molecule has 2 aliphatic heterocycles. The van der Waals surface area contributed by atoms with Crippen molar-refractivity contribution in [2.75, 3.05) is 6.54 Å². The lowest BCUT2D eigenvalue weighted by Crippen LogP contribution is -2.61. The van der Waals surface area contributed by atoms with E-state index in [0.717, 1.165) is 19.3 Å². The largest absolute Gasteiger partial charge is 0.480 e. The first-order valence-corrected chi connectivity index (χ1v) is 7.46. The van der Waals surface area contributed by atoms with Crippen LogP contribution >= 0.6 is 0 Å². The Morgan fingerprint density at radius 1 is 1.20 bits per heavy atom. The van der Waals surface area contributed by atoms with Crippen molar-refractivity contribution in [2.24, 2.45) is 0 Å². The molecule has 2 saturated heterocycles. The summed E-state index contributed by atoms with van der Waals surface area (Å²) in [6, 6.07) is 0.302. The normalized spacial score (nSPS) is 35.0. The summed E-state index contributed by atoms with van der Waals surface area (Å²) in [6.07, 6.45) is 4.54. The number of nitrogens with one attached hydrogen (secondary N) is 1. The zero-order chi connectivity index (χ0) is 14.9. The van der Waals surface area contributed by atoms with E-state index in [4.69, 9.17) is 0 Å². The van der Waals surface area contributed by atoms with Gasteiger partial charge >= 0.3 is 12.0 Å². The predicted octanol–water partition coefficient (Wildman–Crippen LogP) is 1.81. The van der Waals surface area contributed by atoms with Gasteiger partial charge in [0.2, 0.25) is 0 Å². The molecule has 2 N–H and O–H groups in total. The molecule has 2 fully saturated rings. The van der Waals surface area contributed by atoms with Gasteiger partial charge in [-0.15, -0.1) is 0 Å². The number of likely N-dealkylation sites (tertiary alicyclic amines) is 1. The summed E-state index contributed by atoms with van der Waals surface area (Å²) in [5.74, 6) is -0.926. The summed E-state index contributed by atoms with van der Waals surface area (Å²) in [5, 5.41) is 11.3. The molecule has 0 aromatic rings. The SMILES string of the molecule is CC1CCCC(C)N1NC(=O)N1CCCC1(C)C(=O)O. The molecule has 2 amide bonds. The van der Waals surface area contributed by atoms with Gasteiger partial charge in [-0.25, -0.2) is 14.6 Å². The Kier molecular flexibility index (Phi) is 4.22. The first kappa shape index (κ1) is 15.1. The smallest absolute Gasteiger partial charge is 0.332 e. The first-order valence-electron chi connectivity index (χ1n) is 7.46. The minimum absolute atomic E-state index is 0.284. The van der Waals surface area contributed by atoms with Crippen molar-refractivity contribution in [2.45, 2.75) is 70.5 Å². The van der Waals surface area contributed by atoms with Crippen molar-refractivity contribution in [1.82, 2.24) is 15.3 Å². The Balaban J connectivity index is 2.06. The molecular weight excluding hydrogens is 258 g/mol. The van der Waals surface area contributed by atoms with Crippen LogP contribution in [0.4, 0.5) is 4.79 Å². The van der Waals surface area contributed by atoms with Gasteiger partial charge in [-0.1, -0.05) is 6.42 Å². The standard InChI is InChI=1S/C14H25N3O3/c1-10-6-4-7-11(2)17(10)15-13(20)16-9-5-8-14(16,3)12(18)19/h10-11H,4-9H2,1-3H3,(H,15,20)(H,18,19). The number of rotatable bonds is 2. The van der Waals surface area contributed by atoms with Crippen molar-refractivity contribution in [3.05, 3.63) is 0 Å². The highest BCUT2D eigenvalue weighted by Gasteiger charge is 2.46. The van der Waals surface area contributed by atoms with E-state index < -0.39 is 11.5 Å². The number of amides is 2. The molecule has 0 spiro atoms. The molecular formula is C14H25N3O3. The summed E-state index contributed by atoms with van der Waals surface area (Å²) in [4.78, 5) is 25.3. The van der Waals surface area contributed by atoms with Crippen LogP contribution in [0, 0.1) is 0 Å². The van der Waals surface area contributed by atoms with Crippen LogP contribution in [0.2, 0.25) is 0 Å². The molecule has 114 valence electrons. The van der Waals surface area contributed by atoms with E-state index in [2.05, 4.69) is 19.3 Å². The fraction of sp³-hybridized carbons (Fsp3) is 0.857. The van der Waals surface area contributed by atoms with Crippen molar-refractivity contribution in [3.63, 3.8) is 0 Å². The maximum Gasteiger partial charge on any atom is 0.332 e. The van der Waals surface area contributed by atoms with Gasteiger partial charge in [-0.3, -0.25) is 5.43 Å². The molecule has 0 bridgehead atoms. The minimum Gasteiger partial charge on any atom is -0.480 e. The molecule has 6 nitrogen and oxygen atoms in total. The highest BCUT2D eigenvalue weighted by molar-refractivity contribution is 5.86. The van der Waals surface area contributed by atoms with E-state index in [0.29, 0.717) is 25.0 Å². The second kappa shape index (κ2) is 5.60. The maximum absolute atomic E-state index is 12.4. The van der Waals surface area contributed by atoms with Crippen LogP contribution < -0.4 is 5.43 Å². The van der Waals surface area contributed by atoms with Crippen molar-refractivity contribution >= 4 is 12.0 Å². The molecule has 6 heteroatoms. The highest BCUT2D eigenvalue weighted by atomic mass is 16.4. The average molecular weight is 283 g/mol. The molecule has 3 unspecified atom stereocenters. The Morgan fingerprint density at radius 2 is 1.80 bits per heavy atom. The molecule has 2 aliphatic rings. The van der Waals surface area contributed by atoms with E-state index in [1.54, 1.807) is 6.92 Å². The number of urea groups is 1. The van der Waals surface area contributed by atoms with Crippen molar-refractivity contribution in [3.8, 4) is 0 Å². The lowest BCUT2D eigenvalue weighted by Gasteiger charge is -2.41. The highest BCUT2D eigenvalue weighted by Crippen LogP contribution is 2.29. The van der Waals surface area contributed by atoms with Gasteiger partial charge in [0.15, 0.2) is 0 Å². The Bertz CT molecular complexity index is 391. The van der Waals surface area contributed by atoms with Gasteiger partial charge in [0.25, 0.3) is 0 Å². The lowest BCUT2D eigenvalue weighted by atomic mass is 9.99. The van der Waals surface area contributed by atoms with Crippen LogP contribution in [0.3, 0.4) is 0 Å². The van der Waals surface area contributed by atoms with Gasteiger partial charge in [-0.05, 0) is 46.5 Å². The van der Waals surface area contributed by atoms with E-state index in [-0.39, 0.29) is 6.03 Å². The fourth-order valence-electron chi connectivity index (χ4n) is 3.32. The zero-order valence-corrected chi connectivity index (χ0v) is 12.6. The van der Waals surface area contributed by atoms with Gasteiger partial charge in [-0.2, -0.15) is 0 Å². The van der Waals surface area contributed by atoms with E-state index >= 15 is 0 Å². The molecule has 0 aliphatic carbocycles. The number of carboxylic acids is 1. The van der Waals surface area contributed by atoms with Gasteiger partial charge in [0.1, 0.15) is 5.54 Å². The van der Waals surface area contributed by atoms with Crippen LogP contribution in [0.1, 0.15) is 52.9 Å². The molecule has 0 saturated carbocycles. The number of carboxylic acid groups (broad SMARTS) is 1. The number of piperidine rings is 1. The monoisotopic (exact) mass is 283 g/mol. The molecule has 2 heterocycles. The number of aliphatic carboxylic acids is 1. The minimum atomic E-state index is -1.08. The zero-order valence-electron chi connectivity index (χ0n) is 12.6. The first-order chi connectivity index (χ1) is 9.36. The number of carbonyl (C=O) groups is 2. The van der Waals surface area contributed by atoms with E-state index in [1.165, 1.54) is 11.3 Å². The third-order valence-electron chi connectivity index (χ3n) is 4.77. The van der Waals surface area contributed by atoms with Crippen LogP contribution in [-0.2, 0) is 4.79 Å². The van der Waals surface area contributed by atoms with Crippen LogP contribution in [0.5, 0.6) is 0 Å². The molecule has 0 aromatic carbocycles. The predicted molar refractivity (Wildman–Crippen MR) is 75.1 cm³/mol. The lowest BCUT2D eigenvalue weighted by molar-refractivity contribution is -0.147. The second-order valence-corrected chi connectivity index (χ2v) is 6.29. The van der Waals surface area contributed by atoms with Crippen molar-refractivity contribution in [1.29, 1.82) is 0 Å². The topological polar surface area (TPSA) is 72.9 Å². The van der Waals surface area contributed by atoms with Crippen LogP contribution in [0.25, 0.3) is 0 Å². The second-order valence-electron chi connectivity index (χ2n) is 6.29. The quantitative estimate of drug-likeness (QED) is 0.810.